The van der Waals surface area contributed by atoms with Crippen molar-refractivity contribution in [2.75, 3.05) is 12.9 Å². The molecule has 0 spiro atoms. The molecule has 1 N–H and O–H groups in total. The van der Waals surface area contributed by atoms with E-state index < -0.39 is 10.5 Å². The van der Waals surface area contributed by atoms with E-state index in [4.69, 9.17) is 9.73 Å². The van der Waals surface area contributed by atoms with Crippen molar-refractivity contribution in [2.45, 2.75) is 5.54 Å². The van der Waals surface area contributed by atoms with E-state index in [-0.39, 0.29) is 11.6 Å². The van der Waals surface area contributed by atoms with Crippen LogP contribution in [-0.4, -0.2) is 28.9 Å². The van der Waals surface area contributed by atoms with Gasteiger partial charge in [-0.3, -0.25) is 14.9 Å². The van der Waals surface area contributed by atoms with Gasteiger partial charge in [0.25, 0.3) is 11.6 Å². The van der Waals surface area contributed by atoms with E-state index in [1.807, 2.05) is 36.4 Å². The molecule has 31 heavy (non-hydrogen) atoms. The molecule has 0 saturated carbocycles. The second kappa shape index (κ2) is 8.61. The highest BCUT2D eigenvalue weighted by Gasteiger charge is 2.40. The topological polar surface area (TPSA) is 93.8 Å². The van der Waals surface area contributed by atoms with Crippen molar-refractivity contribution in [3.63, 3.8) is 0 Å². The van der Waals surface area contributed by atoms with Crippen molar-refractivity contribution < 1.29 is 14.5 Å². The van der Waals surface area contributed by atoms with Crippen LogP contribution in [0.3, 0.4) is 0 Å². The third kappa shape index (κ3) is 4.15. The Hall–Kier alpha value is -3.65. The molecule has 3 aromatic carbocycles. The molecule has 0 fully saturated rings. The molecular weight excluding hydrogens is 414 g/mol. The fourth-order valence-electron chi connectivity index (χ4n) is 3.44. The Kier molecular flexibility index (Phi) is 5.73. The highest BCUT2D eigenvalue weighted by atomic mass is 32.2. The largest absolute Gasteiger partial charge is 0.497 e. The van der Waals surface area contributed by atoms with Gasteiger partial charge in [0, 0.05) is 23.4 Å². The molecule has 0 radical (unpaired) electrons. The average Bonchev–Trinajstić information content (AvgIpc) is 3.24. The second-order valence-corrected chi connectivity index (χ2v) is 7.89. The summed E-state index contributed by atoms with van der Waals surface area (Å²) in [5, 5.41) is 14.7. The van der Waals surface area contributed by atoms with Crippen LogP contribution in [0.5, 0.6) is 5.75 Å². The summed E-state index contributed by atoms with van der Waals surface area (Å²) >= 11 is 1.40. The van der Waals surface area contributed by atoms with Crippen molar-refractivity contribution in [2.24, 2.45) is 4.99 Å². The number of nitro benzene ring substituents is 1. The lowest BCUT2D eigenvalue weighted by Crippen LogP contribution is -2.28. The van der Waals surface area contributed by atoms with Crippen LogP contribution in [0.25, 0.3) is 0 Å². The van der Waals surface area contributed by atoms with Crippen molar-refractivity contribution in [3.8, 4) is 5.75 Å². The second-order valence-electron chi connectivity index (χ2n) is 6.92. The number of nitrogens with one attached hydrogen (secondary N) is 1. The molecule has 3 aromatic rings. The number of aliphatic imine (C=N–C) groups is 1. The molecule has 1 aliphatic rings. The SMILES string of the molecule is COc1ccc(C2(c3cccc([N+](=O)[O-])c3)CSC(NC(=O)c3ccccc3)=N2)cc1. The van der Waals surface area contributed by atoms with E-state index in [1.54, 1.807) is 37.4 Å². The van der Waals surface area contributed by atoms with Gasteiger partial charge in [-0.05, 0) is 35.4 Å². The maximum Gasteiger partial charge on any atom is 0.269 e. The minimum absolute atomic E-state index is 0.00708. The van der Waals surface area contributed by atoms with E-state index in [2.05, 4.69) is 5.32 Å². The van der Waals surface area contributed by atoms with Crippen LogP contribution in [0.15, 0.2) is 83.9 Å². The summed E-state index contributed by atoms with van der Waals surface area (Å²) in [5.41, 5.74) is 1.19. The minimum Gasteiger partial charge on any atom is -0.497 e. The van der Waals surface area contributed by atoms with Crippen molar-refractivity contribution in [1.29, 1.82) is 0 Å². The van der Waals surface area contributed by atoms with Gasteiger partial charge in [0.2, 0.25) is 0 Å². The number of ether oxygens (including phenoxy) is 1. The highest BCUT2D eigenvalue weighted by molar-refractivity contribution is 8.14. The molecule has 8 heteroatoms. The number of non-ortho nitro benzene ring substituents is 1. The fourth-order valence-corrected chi connectivity index (χ4v) is 4.57. The molecule has 4 rings (SSSR count). The number of nitro groups is 1. The number of nitrogens with zero attached hydrogens (tertiary/aromatic N) is 2. The van der Waals surface area contributed by atoms with Crippen LogP contribution in [0.4, 0.5) is 5.69 Å². The average molecular weight is 433 g/mol. The minimum atomic E-state index is -0.873. The molecule has 156 valence electrons. The molecule has 1 unspecified atom stereocenters. The van der Waals surface area contributed by atoms with Gasteiger partial charge >= 0.3 is 0 Å². The number of benzene rings is 3. The first-order valence-electron chi connectivity index (χ1n) is 9.50. The molecule has 0 saturated heterocycles. The zero-order chi connectivity index (χ0) is 21.8. The van der Waals surface area contributed by atoms with Gasteiger partial charge in [-0.25, -0.2) is 4.99 Å². The standard InChI is InChI=1S/C23H19N3O4S/c1-30-20-12-10-17(11-13-20)23(18-8-5-9-19(14-18)26(28)29)15-31-22(25-23)24-21(27)16-6-3-2-4-7-16/h2-14H,15H2,1H3,(H,24,25,27). The Morgan fingerprint density at radius 3 is 2.48 bits per heavy atom. The van der Waals surface area contributed by atoms with E-state index in [1.165, 1.54) is 23.9 Å². The van der Waals surface area contributed by atoms with Crippen LogP contribution < -0.4 is 10.1 Å². The zero-order valence-corrected chi connectivity index (χ0v) is 17.5. The summed E-state index contributed by atoms with van der Waals surface area (Å²) in [7, 11) is 1.59. The number of amidine groups is 1. The smallest absolute Gasteiger partial charge is 0.269 e. The predicted molar refractivity (Wildman–Crippen MR) is 121 cm³/mol. The third-order valence-corrected chi connectivity index (χ3v) is 6.10. The molecule has 0 aliphatic carbocycles. The number of hydrogen-bond donors (Lipinski definition) is 1. The van der Waals surface area contributed by atoms with Gasteiger partial charge < -0.3 is 10.1 Å². The Morgan fingerprint density at radius 2 is 1.81 bits per heavy atom. The number of carbonyl (C=O) groups is 1. The number of thioether (sulfide) groups is 1. The van der Waals surface area contributed by atoms with Gasteiger partial charge in [-0.2, -0.15) is 0 Å². The Labute approximate surface area is 183 Å². The van der Waals surface area contributed by atoms with Gasteiger partial charge in [0.15, 0.2) is 5.17 Å². The first kappa shape index (κ1) is 20.6. The summed E-state index contributed by atoms with van der Waals surface area (Å²) in [6.07, 6.45) is 0. The van der Waals surface area contributed by atoms with E-state index in [9.17, 15) is 14.9 Å². The van der Waals surface area contributed by atoms with Crippen LogP contribution in [0.2, 0.25) is 0 Å². The number of carbonyl (C=O) groups excluding carboxylic acids is 1. The van der Waals surface area contributed by atoms with Crippen LogP contribution in [-0.2, 0) is 5.54 Å². The van der Waals surface area contributed by atoms with E-state index >= 15 is 0 Å². The van der Waals surface area contributed by atoms with Crippen molar-refractivity contribution >= 4 is 28.5 Å². The Morgan fingerprint density at radius 1 is 1.06 bits per heavy atom. The lowest BCUT2D eigenvalue weighted by atomic mass is 9.85. The number of methoxy groups -OCH3 is 1. The Bertz CT molecular complexity index is 1150. The van der Waals surface area contributed by atoms with Crippen molar-refractivity contribution in [3.05, 3.63) is 106 Å². The lowest BCUT2D eigenvalue weighted by Gasteiger charge is -2.26. The zero-order valence-electron chi connectivity index (χ0n) is 16.6. The number of amides is 1. The van der Waals surface area contributed by atoms with Gasteiger partial charge in [-0.1, -0.05) is 54.2 Å². The summed E-state index contributed by atoms with van der Waals surface area (Å²) in [4.78, 5) is 28.4. The summed E-state index contributed by atoms with van der Waals surface area (Å²) in [6.45, 7) is 0. The maximum absolute atomic E-state index is 12.6. The quantitative estimate of drug-likeness (QED) is 0.476. The summed E-state index contributed by atoms with van der Waals surface area (Å²) < 4.78 is 5.26. The molecule has 0 aromatic heterocycles. The van der Waals surface area contributed by atoms with Crippen molar-refractivity contribution in [1.82, 2.24) is 5.32 Å². The molecule has 1 aliphatic heterocycles. The molecule has 1 amide bonds. The molecule has 0 bridgehead atoms. The third-order valence-electron chi connectivity index (χ3n) is 5.07. The summed E-state index contributed by atoms with van der Waals surface area (Å²) in [5.74, 6) is 0.937. The summed E-state index contributed by atoms with van der Waals surface area (Å²) in [6, 6.07) is 22.8. The van der Waals surface area contributed by atoms with Gasteiger partial charge in [0.1, 0.15) is 11.3 Å². The van der Waals surface area contributed by atoms with Crippen LogP contribution in [0.1, 0.15) is 21.5 Å². The maximum atomic E-state index is 12.6. The normalized spacial score (nSPS) is 17.6. The first-order chi connectivity index (χ1) is 15.0. The fraction of sp³-hybridized carbons (Fsp3) is 0.130. The number of rotatable bonds is 5. The molecule has 1 heterocycles. The molecule has 7 nitrogen and oxygen atoms in total. The first-order valence-corrected chi connectivity index (χ1v) is 10.5. The van der Waals surface area contributed by atoms with Crippen LogP contribution in [0, 0.1) is 10.1 Å². The molecular formula is C23H19N3O4S. The Balaban J connectivity index is 1.75. The predicted octanol–water partition coefficient (Wildman–Crippen LogP) is 4.38. The highest BCUT2D eigenvalue weighted by Crippen LogP contribution is 2.43. The number of hydrogen-bond acceptors (Lipinski definition) is 6. The van der Waals surface area contributed by atoms with E-state index in [0.29, 0.717) is 27.8 Å². The van der Waals surface area contributed by atoms with E-state index in [0.717, 1.165) is 5.56 Å². The van der Waals surface area contributed by atoms with Gasteiger partial charge in [0.05, 0.1) is 12.0 Å². The lowest BCUT2D eigenvalue weighted by molar-refractivity contribution is -0.384. The van der Waals surface area contributed by atoms with Gasteiger partial charge in [-0.15, -0.1) is 0 Å². The molecule has 1 atom stereocenters. The van der Waals surface area contributed by atoms with Crippen LogP contribution >= 0.6 is 11.8 Å². The monoisotopic (exact) mass is 433 g/mol.